The summed E-state index contributed by atoms with van der Waals surface area (Å²) in [6, 6.07) is 15.8. The molecule has 0 spiro atoms. The molecule has 2 aliphatic heterocycles. The lowest BCUT2D eigenvalue weighted by molar-refractivity contribution is -0.149. The van der Waals surface area contributed by atoms with Gasteiger partial charge in [0.2, 0.25) is 5.91 Å². The lowest BCUT2D eigenvalue weighted by atomic mass is 9.85. The predicted octanol–water partition coefficient (Wildman–Crippen LogP) is 3.12. The number of nitrogens with zero attached hydrogens (tertiary/aromatic N) is 2. The third kappa shape index (κ3) is 3.46. The molecule has 158 valence electrons. The molecule has 2 heterocycles. The first-order valence-electron chi connectivity index (χ1n) is 9.58. The molecule has 0 aliphatic carbocycles. The van der Waals surface area contributed by atoms with Crippen molar-refractivity contribution in [1.29, 1.82) is 5.26 Å². The fourth-order valence-corrected chi connectivity index (χ4v) is 5.31. The average Bonchev–Trinajstić information content (AvgIpc) is 3.17. The standard InChI is InChI=1S/C23H20N2O5S/c1-29-17-9-7-16(8-10-17)23(28)13-31-21-19(12-24)18(11-20(26)25(21)23)14-3-5-15(6-4-14)22(27)30-2/h3-10,18,28H,11,13H2,1-2H3/t18-,23-/m0/s1. The van der Waals surface area contributed by atoms with E-state index < -0.39 is 17.6 Å². The smallest absolute Gasteiger partial charge is 0.337 e. The summed E-state index contributed by atoms with van der Waals surface area (Å²) < 4.78 is 9.89. The minimum absolute atomic E-state index is 0.0446. The highest BCUT2D eigenvalue weighted by Gasteiger charge is 2.51. The van der Waals surface area contributed by atoms with Crippen LogP contribution < -0.4 is 4.74 Å². The van der Waals surface area contributed by atoms with Gasteiger partial charge in [0.25, 0.3) is 0 Å². The second-order valence-corrected chi connectivity index (χ2v) is 8.23. The van der Waals surface area contributed by atoms with Crippen molar-refractivity contribution in [2.75, 3.05) is 20.0 Å². The summed E-state index contributed by atoms with van der Waals surface area (Å²) >= 11 is 1.29. The van der Waals surface area contributed by atoms with Crippen molar-refractivity contribution in [2.24, 2.45) is 0 Å². The minimum Gasteiger partial charge on any atom is -0.497 e. The Kier molecular flexibility index (Phi) is 5.48. The molecule has 1 saturated heterocycles. The average molecular weight is 436 g/mol. The zero-order chi connectivity index (χ0) is 22.2. The van der Waals surface area contributed by atoms with Crippen LogP contribution in [0.1, 0.15) is 33.8 Å². The Bertz CT molecular complexity index is 1100. The topological polar surface area (TPSA) is 99.9 Å². The molecule has 2 aromatic carbocycles. The van der Waals surface area contributed by atoms with Crippen LogP contribution >= 0.6 is 11.8 Å². The molecule has 2 aliphatic rings. The molecule has 1 N–H and O–H groups in total. The minimum atomic E-state index is -1.54. The van der Waals surface area contributed by atoms with Crippen LogP contribution in [0.2, 0.25) is 0 Å². The molecule has 0 unspecified atom stereocenters. The van der Waals surface area contributed by atoms with Gasteiger partial charge in [-0.2, -0.15) is 5.26 Å². The highest BCUT2D eigenvalue weighted by Crippen LogP contribution is 2.51. The highest BCUT2D eigenvalue weighted by atomic mass is 32.2. The number of fused-ring (bicyclic) bond motifs is 1. The van der Waals surface area contributed by atoms with Crippen molar-refractivity contribution in [1.82, 2.24) is 4.90 Å². The Hall–Kier alpha value is -3.28. The van der Waals surface area contributed by atoms with Crippen molar-refractivity contribution in [3.63, 3.8) is 0 Å². The fourth-order valence-electron chi connectivity index (χ4n) is 3.95. The van der Waals surface area contributed by atoms with Gasteiger partial charge >= 0.3 is 5.97 Å². The number of carbonyl (C=O) groups is 2. The highest BCUT2D eigenvalue weighted by molar-refractivity contribution is 8.03. The summed E-state index contributed by atoms with van der Waals surface area (Å²) in [5.41, 5.74) is 0.600. The van der Waals surface area contributed by atoms with Crippen LogP contribution in [0, 0.1) is 11.3 Å². The first-order chi connectivity index (χ1) is 14.9. The maximum absolute atomic E-state index is 13.2. The number of hydrogen-bond donors (Lipinski definition) is 1. The molecule has 2 atom stereocenters. The number of methoxy groups -OCH3 is 2. The third-order valence-corrected chi connectivity index (χ3v) is 6.82. The lowest BCUT2D eigenvalue weighted by Gasteiger charge is -2.38. The third-order valence-electron chi connectivity index (χ3n) is 5.60. The van der Waals surface area contributed by atoms with Gasteiger partial charge in [0.1, 0.15) is 5.75 Å². The monoisotopic (exact) mass is 436 g/mol. The van der Waals surface area contributed by atoms with Crippen LogP contribution in [0.4, 0.5) is 0 Å². The summed E-state index contributed by atoms with van der Waals surface area (Å²) in [5.74, 6) is -0.292. The Morgan fingerprint density at radius 2 is 1.87 bits per heavy atom. The number of amides is 1. The number of hydrogen-bond acceptors (Lipinski definition) is 7. The molecular formula is C23H20N2O5S. The molecule has 0 radical (unpaired) electrons. The second kappa shape index (κ2) is 8.10. The molecule has 0 bridgehead atoms. The number of nitriles is 1. The van der Waals surface area contributed by atoms with Crippen molar-refractivity contribution in [3.8, 4) is 11.8 Å². The number of thioether (sulfide) groups is 1. The van der Waals surface area contributed by atoms with Crippen LogP contribution in [0.3, 0.4) is 0 Å². The first kappa shape index (κ1) is 21.0. The van der Waals surface area contributed by atoms with Crippen LogP contribution in [0.15, 0.2) is 59.1 Å². The number of ether oxygens (including phenoxy) is 2. The summed E-state index contributed by atoms with van der Waals surface area (Å²) in [6.45, 7) is 0. The fraction of sp³-hybridized carbons (Fsp3) is 0.261. The molecule has 4 rings (SSSR count). The summed E-state index contributed by atoms with van der Waals surface area (Å²) in [4.78, 5) is 26.2. The van der Waals surface area contributed by atoms with Crippen molar-refractivity contribution in [2.45, 2.75) is 18.1 Å². The van der Waals surface area contributed by atoms with E-state index in [-0.39, 0.29) is 18.1 Å². The second-order valence-electron chi connectivity index (χ2n) is 7.26. The summed E-state index contributed by atoms with van der Waals surface area (Å²) in [5, 5.41) is 21.8. The van der Waals surface area contributed by atoms with E-state index in [4.69, 9.17) is 9.47 Å². The largest absolute Gasteiger partial charge is 0.497 e. The van der Waals surface area contributed by atoms with Crippen molar-refractivity contribution in [3.05, 3.63) is 75.8 Å². The number of aliphatic hydroxyl groups is 1. The summed E-state index contributed by atoms with van der Waals surface area (Å²) in [6.07, 6.45) is 0.0446. The number of rotatable bonds is 4. The molecule has 8 heteroatoms. The van der Waals surface area contributed by atoms with Gasteiger partial charge in [0.15, 0.2) is 5.72 Å². The van der Waals surface area contributed by atoms with Gasteiger partial charge in [-0.1, -0.05) is 24.3 Å². The van der Waals surface area contributed by atoms with Gasteiger partial charge in [-0.15, -0.1) is 11.8 Å². The first-order valence-corrected chi connectivity index (χ1v) is 10.6. The quantitative estimate of drug-likeness (QED) is 0.735. The molecule has 1 fully saturated rings. The van der Waals surface area contributed by atoms with Gasteiger partial charge < -0.3 is 14.6 Å². The Morgan fingerprint density at radius 3 is 2.45 bits per heavy atom. The number of allylic oxidation sites excluding steroid dienone is 1. The zero-order valence-corrected chi connectivity index (χ0v) is 17.8. The van der Waals surface area contributed by atoms with E-state index in [1.807, 2.05) is 0 Å². The normalized spacial score (nSPS) is 22.7. The van der Waals surface area contributed by atoms with E-state index >= 15 is 0 Å². The Balaban J connectivity index is 1.72. The van der Waals surface area contributed by atoms with E-state index in [0.29, 0.717) is 27.5 Å². The molecule has 7 nitrogen and oxygen atoms in total. The SMILES string of the molecule is COC(=O)c1ccc([C@@H]2CC(=O)N3C(=C2C#N)SC[C@]3(O)c2ccc(OC)cc2)cc1. The van der Waals surface area contributed by atoms with Gasteiger partial charge in [0.05, 0.1) is 42.2 Å². The Morgan fingerprint density at radius 1 is 1.19 bits per heavy atom. The van der Waals surface area contributed by atoms with Crippen LogP contribution in [0.5, 0.6) is 5.75 Å². The molecule has 0 aromatic heterocycles. The number of benzene rings is 2. The van der Waals surface area contributed by atoms with E-state index in [1.54, 1.807) is 55.6 Å². The van der Waals surface area contributed by atoms with Crippen molar-refractivity contribution < 1.29 is 24.2 Å². The van der Waals surface area contributed by atoms with E-state index in [1.165, 1.54) is 23.8 Å². The van der Waals surface area contributed by atoms with Crippen LogP contribution in [-0.4, -0.2) is 41.9 Å². The molecule has 2 aromatic rings. The molecule has 31 heavy (non-hydrogen) atoms. The molecule has 1 amide bonds. The number of esters is 1. The van der Waals surface area contributed by atoms with Gasteiger partial charge in [0, 0.05) is 17.9 Å². The van der Waals surface area contributed by atoms with Gasteiger partial charge in [-0.05, 0) is 29.8 Å². The van der Waals surface area contributed by atoms with Crippen LogP contribution in [0.25, 0.3) is 0 Å². The molecule has 0 saturated carbocycles. The maximum atomic E-state index is 13.2. The molecular weight excluding hydrogens is 416 g/mol. The maximum Gasteiger partial charge on any atom is 0.337 e. The Labute approximate surface area is 183 Å². The van der Waals surface area contributed by atoms with Gasteiger partial charge in [-0.25, -0.2) is 4.79 Å². The van der Waals surface area contributed by atoms with E-state index in [0.717, 1.165) is 5.56 Å². The van der Waals surface area contributed by atoms with Crippen molar-refractivity contribution >= 4 is 23.6 Å². The summed E-state index contributed by atoms with van der Waals surface area (Å²) in [7, 11) is 2.87. The predicted molar refractivity (Wildman–Crippen MR) is 114 cm³/mol. The zero-order valence-electron chi connectivity index (χ0n) is 17.0. The van der Waals surface area contributed by atoms with E-state index in [9.17, 15) is 20.0 Å². The van der Waals surface area contributed by atoms with Crippen LogP contribution in [-0.2, 0) is 15.3 Å². The number of carbonyl (C=O) groups excluding carboxylic acids is 2. The lowest BCUT2D eigenvalue weighted by Crippen LogP contribution is -2.48. The van der Waals surface area contributed by atoms with E-state index in [2.05, 4.69) is 6.07 Å². The van der Waals surface area contributed by atoms with Gasteiger partial charge in [-0.3, -0.25) is 9.69 Å².